The summed E-state index contributed by atoms with van der Waals surface area (Å²) in [6.45, 7) is 11.7. The summed E-state index contributed by atoms with van der Waals surface area (Å²) in [5, 5.41) is 5.72. The minimum absolute atomic E-state index is 0.0538. The Morgan fingerprint density at radius 2 is 1.88 bits per heavy atom. The summed E-state index contributed by atoms with van der Waals surface area (Å²) in [4.78, 5) is 33.9. The lowest BCUT2D eigenvalue weighted by Crippen LogP contribution is -2.57. The van der Waals surface area contributed by atoms with Crippen molar-refractivity contribution >= 4 is 33.6 Å². The number of piperazine rings is 2. The lowest BCUT2D eigenvalue weighted by molar-refractivity contribution is 0.0122. The Labute approximate surface area is 298 Å². The number of nitrogens with zero attached hydrogens (tertiary/aromatic N) is 6. The number of fused-ring (bicyclic) bond motifs is 4. The van der Waals surface area contributed by atoms with Crippen LogP contribution in [0.25, 0.3) is 32.9 Å². The molecule has 13 heteroatoms. The Bertz CT molecular complexity index is 1910. The van der Waals surface area contributed by atoms with E-state index in [9.17, 15) is 4.79 Å². The topological polar surface area (TPSA) is 114 Å². The molecule has 0 spiro atoms. The second kappa shape index (κ2) is 14.4. The van der Waals surface area contributed by atoms with Crippen LogP contribution in [0.2, 0.25) is 0 Å². The Morgan fingerprint density at radius 3 is 2.59 bits per heavy atom. The maximum absolute atomic E-state index is 17.2. The fourth-order valence-corrected chi connectivity index (χ4v) is 7.59. The number of likely N-dealkylation sites (N-methyl/N-ethyl adjacent to an activating group) is 1. The summed E-state index contributed by atoms with van der Waals surface area (Å²) >= 11 is 0. The number of methoxy groups -OCH3 is 1. The van der Waals surface area contributed by atoms with Crippen LogP contribution in [-0.2, 0) is 15.9 Å². The van der Waals surface area contributed by atoms with E-state index < -0.39 is 11.4 Å². The molecule has 3 aliphatic heterocycles. The molecule has 0 aliphatic carbocycles. The first-order chi connectivity index (χ1) is 24.5. The van der Waals surface area contributed by atoms with Crippen molar-refractivity contribution in [2.75, 3.05) is 65.2 Å². The van der Waals surface area contributed by atoms with Crippen molar-refractivity contribution in [3.63, 3.8) is 0 Å². The van der Waals surface area contributed by atoms with Gasteiger partial charge in [0.25, 0.3) is 0 Å². The van der Waals surface area contributed by atoms with E-state index in [1.807, 2.05) is 49.9 Å². The predicted octanol–water partition coefficient (Wildman–Crippen LogP) is 5.40. The number of carbonyl (C=O) groups excluding carboxylic acids is 1. The van der Waals surface area contributed by atoms with Gasteiger partial charge in [0.1, 0.15) is 35.0 Å². The molecule has 1 N–H and O–H groups in total. The molecule has 0 radical (unpaired) electrons. The van der Waals surface area contributed by atoms with Gasteiger partial charge >= 0.3 is 12.1 Å². The highest BCUT2D eigenvalue weighted by Crippen LogP contribution is 2.40. The Morgan fingerprint density at radius 1 is 1.10 bits per heavy atom. The second-order valence-corrected chi connectivity index (χ2v) is 14.7. The number of hydrogen-bond acceptors (Lipinski definition) is 11. The van der Waals surface area contributed by atoms with Gasteiger partial charge in [-0.25, -0.2) is 9.18 Å². The van der Waals surface area contributed by atoms with Crippen LogP contribution in [-0.4, -0.2) is 115 Å². The zero-order chi connectivity index (χ0) is 35.9. The average Bonchev–Trinajstić information content (AvgIpc) is 3.38. The summed E-state index contributed by atoms with van der Waals surface area (Å²) < 4.78 is 40.3. The second-order valence-electron chi connectivity index (χ2n) is 14.7. The molecule has 272 valence electrons. The molecule has 2 aromatic carbocycles. The van der Waals surface area contributed by atoms with E-state index in [1.54, 1.807) is 13.3 Å². The van der Waals surface area contributed by atoms with Crippen molar-refractivity contribution in [3.8, 4) is 23.0 Å². The van der Waals surface area contributed by atoms with Gasteiger partial charge in [-0.05, 0) is 75.5 Å². The first-order valence-corrected chi connectivity index (χ1v) is 17.9. The molecule has 3 atom stereocenters. The normalized spacial score (nSPS) is 21.0. The van der Waals surface area contributed by atoms with Crippen molar-refractivity contribution in [3.05, 3.63) is 47.9 Å². The zero-order valence-electron chi connectivity index (χ0n) is 30.4. The number of benzene rings is 2. The van der Waals surface area contributed by atoms with Crippen LogP contribution >= 0.6 is 0 Å². The Balaban J connectivity index is 1.32. The molecule has 3 aliphatic rings. The van der Waals surface area contributed by atoms with Crippen LogP contribution in [0, 0.1) is 5.82 Å². The van der Waals surface area contributed by atoms with E-state index in [0.717, 1.165) is 55.2 Å². The van der Waals surface area contributed by atoms with Gasteiger partial charge in [-0.2, -0.15) is 9.97 Å². The van der Waals surface area contributed by atoms with Crippen molar-refractivity contribution in [1.82, 2.24) is 30.1 Å². The molecule has 51 heavy (non-hydrogen) atoms. The van der Waals surface area contributed by atoms with Crippen LogP contribution in [0.4, 0.5) is 15.0 Å². The number of carbonyl (C=O) groups is 1. The molecular formula is C38H48FN7O5. The van der Waals surface area contributed by atoms with Gasteiger partial charge in [-0.1, -0.05) is 25.1 Å². The van der Waals surface area contributed by atoms with E-state index in [0.29, 0.717) is 42.2 Å². The number of ether oxygens (including phenoxy) is 4. The van der Waals surface area contributed by atoms with Crippen LogP contribution < -0.4 is 19.7 Å². The van der Waals surface area contributed by atoms with Gasteiger partial charge in [-0.3, -0.25) is 14.8 Å². The summed E-state index contributed by atoms with van der Waals surface area (Å²) in [5.41, 5.74) is 1.37. The lowest BCUT2D eigenvalue weighted by Gasteiger charge is -2.42. The summed E-state index contributed by atoms with van der Waals surface area (Å²) in [6, 6.07) is 9.86. The maximum Gasteiger partial charge on any atom is 0.410 e. The number of aryl methyl sites for hydroxylation is 1. The third-order valence-electron chi connectivity index (χ3n) is 10.1. The van der Waals surface area contributed by atoms with Gasteiger partial charge < -0.3 is 29.2 Å². The van der Waals surface area contributed by atoms with E-state index >= 15 is 4.39 Å². The molecule has 0 saturated carbocycles. The van der Waals surface area contributed by atoms with Crippen LogP contribution in [0.15, 0.2) is 36.5 Å². The highest BCUT2D eigenvalue weighted by molar-refractivity contribution is 6.01. The summed E-state index contributed by atoms with van der Waals surface area (Å²) in [5.74, 6) is 0.522. The molecule has 2 aromatic heterocycles. The molecule has 5 heterocycles. The quantitative estimate of drug-likeness (QED) is 0.226. The standard InChI is InChI=1S/C38H48FN7O5/c1-7-23-9-8-10-24-15-28(50-22-48-6)16-29(31(23)24)33-32(39)34-30(18-41-33)35(43-36(42-34)49-21-27-17-40-13-14-44(27)5)45-19-25-11-12-26(20-45)46(25)37(47)51-38(2,3)4/h8-10,15-16,18,25-27,40H,7,11-14,17,19-22H2,1-6H3/t25?,26?,27-/m1/s1. The first kappa shape index (κ1) is 35.1. The number of rotatable bonds is 9. The predicted molar refractivity (Wildman–Crippen MR) is 194 cm³/mol. The van der Waals surface area contributed by atoms with Crippen LogP contribution in [0.5, 0.6) is 11.8 Å². The molecule has 3 fully saturated rings. The number of amides is 1. The van der Waals surface area contributed by atoms with E-state index in [2.05, 4.69) is 35.2 Å². The smallest absolute Gasteiger partial charge is 0.410 e. The SMILES string of the molecule is CCc1cccc2cc(OCOC)cc(-c3ncc4c(N5CC6CCC(C5)N6C(=O)OC(C)(C)C)nc(OC[C@H]5CNCCN5C)nc4c3F)c12. The summed E-state index contributed by atoms with van der Waals surface area (Å²) in [6.07, 6.45) is 3.81. The van der Waals surface area contributed by atoms with E-state index in [1.165, 1.54) is 0 Å². The fourth-order valence-electron chi connectivity index (χ4n) is 7.59. The van der Waals surface area contributed by atoms with Gasteiger partial charge in [0.2, 0.25) is 0 Å². The number of hydrogen-bond donors (Lipinski definition) is 1. The minimum Gasteiger partial charge on any atom is -0.468 e. The van der Waals surface area contributed by atoms with Crippen molar-refractivity contribution in [1.29, 1.82) is 0 Å². The molecule has 4 aromatic rings. The minimum atomic E-state index is -0.593. The summed E-state index contributed by atoms with van der Waals surface area (Å²) in [7, 11) is 3.63. The van der Waals surface area contributed by atoms with Gasteiger partial charge in [0.05, 0.1) is 23.5 Å². The highest BCUT2D eigenvalue weighted by Gasteiger charge is 2.45. The Kier molecular flexibility index (Phi) is 9.88. The maximum atomic E-state index is 17.2. The number of halogens is 1. The largest absolute Gasteiger partial charge is 0.468 e. The molecule has 2 unspecified atom stereocenters. The molecule has 7 rings (SSSR count). The Hall–Kier alpha value is -4.33. The van der Waals surface area contributed by atoms with Crippen molar-refractivity contribution in [2.24, 2.45) is 0 Å². The van der Waals surface area contributed by atoms with Gasteiger partial charge in [0, 0.05) is 51.6 Å². The van der Waals surface area contributed by atoms with Crippen molar-refractivity contribution in [2.45, 2.75) is 70.7 Å². The number of anilines is 1. The first-order valence-electron chi connectivity index (χ1n) is 17.9. The van der Waals surface area contributed by atoms with E-state index in [-0.39, 0.29) is 48.2 Å². The molecule has 3 saturated heterocycles. The number of aromatic nitrogens is 3. The molecule has 1 amide bonds. The van der Waals surface area contributed by atoms with Gasteiger partial charge in [-0.15, -0.1) is 0 Å². The molecule has 12 nitrogen and oxygen atoms in total. The van der Waals surface area contributed by atoms with Crippen LogP contribution in [0.3, 0.4) is 0 Å². The van der Waals surface area contributed by atoms with E-state index in [4.69, 9.17) is 33.9 Å². The van der Waals surface area contributed by atoms with Crippen molar-refractivity contribution < 1.29 is 28.1 Å². The highest BCUT2D eigenvalue weighted by atomic mass is 19.1. The third kappa shape index (κ3) is 7.11. The number of nitrogens with one attached hydrogen (secondary N) is 1. The van der Waals surface area contributed by atoms with Crippen LogP contribution in [0.1, 0.15) is 46.1 Å². The zero-order valence-corrected chi connectivity index (χ0v) is 30.4. The van der Waals surface area contributed by atoms with Gasteiger partial charge in [0.15, 0.2) is 12.6 Å². The fraction of sp³-hybridized carbons (Fsp3) is 0.526. The average molecular weight is 702 g/mol. The monoisotopic (exact) mass is 701 g/mol. The molecule has 2 bridgehead atoms. The number of pyridine rings is 1. The lowest BCUT2D eigenvalue weighted by atomic mass is 9.95. The molecular weight excluding hydrogens is 653 g/mol. The third-order valence-corrected chi connectivity index (χ3v) is 10.1.